The van der Waals surface area contributed by atoms with Gasteiger partial charge in [-0.05, 0) is 85.8 Å². The lowest BCUT2D eigenvalue weighted by atomic mass is 10.0. The van der Waals surface area contributed by atoms with Gasteiger partial charge < -0.3 is 16.0 Å². The minimum atomic E-state index is 0.108. The Morgan fingerprint density at radius 2 is 1.60 bits per heavy atom. The van der Waals surface area contributed by atoms with Crippen molar-refractivity contribution in [1.29, 1.82) is 0 Å². The van der Waals surface area contributed by atoms with Crippen molar-refractivity contribution in [3.8, 4) is 0 Å². The quantitative estimate of drug-likeness (QED) is 0.454. The summed E-state index contributed by atoms with van der Waals surface area (Å²) < 4.78 is 0. The maximum atomic E-state index is 12.1. The Kier molecular flexibility index (Phi) is 8.13. The highest BCUT2D eigenvalue weighted by Crippen LogP contribution is 2.20. The van der Waals surface area contributed by atoms with Gasteiger partial charge in [0.25, 0.3) is 0 Å². The highest BCUT2D eigenvalue weighted by atomic mass is 16.1. The maximum absolute atomic E-state index is 12.1. The van der Waals surface area contributed by atoms with Gasteiger partial charge in [0.15, 0.2) is 0 Å². The van der Waals surface area contributed by atoms with E-state index < -0.39 is 0 Å². The van der Waals surface area contributed by atoms with E-state index in [2.05, 4.69) is 66.2 Å². The van der Waals surface area contributed by atoms with Crippen LogP contribution in [0.4, 0.5) is 5.69 Å². The van der Waals surface area contributed by atoms with Gasteiger partial charge in [-0.1, -0.05) is 31.9 Å². The summed E-state index contributed by atoms with van der Waals surface area (Å²) in [6.45, 7) is 4.23. The molecule has 3 N–H and O–H groups in total. The summed E-state index contributed by atoms with van der Waals surface area (Å²) in [6.07, 6.45) is 19.5. The number of benzene rings is 1. The van der Waals surface area contributed by atoms with Crippen LogP contribution in [0.1, 0.15) is 57.9 Å². The predicted molar refractivity (Wildman–Crippen MR) is 126 cm³/mol. The third-order valence-electron chi connectivity index (χ3n) is 5.38. The Bertz CT molecular complexity index is 885. The van der Waals surface area contributed by atoms with E-state index in [4.69, 9.17) is 0 Å². The number of rotatable bonds is 9. The lowest BCUT2D eigenvalue weighted by molar-refractivity contribution is -0.116. The van der Waals surface area contributed by atoms with Gasteiger partial charge >= 0.3 is 0 Å². The SMILES string of the molecule is CCc1ccc(NC(=O)CCCCCCC2=CC(=C3C=C(C)C=CN3)NC=C2)cc1. The number of allylic oxidation sites excluding steroid dienone is 6. The number of amides is 1. The van der Waals surface area contributed by atoms with Crippen LogP contribution >= 0.6 is 0 Å². The van der Waals surface area contributed by atoms with E-state index in [1.807, 2.05) is 24.5 Å². The lowest BCUT2D eigenvalue weighted by Crippen LogP contribution is -2.17. The fraction of sp³-hybridized carbons (Fsp3) is 0.346. The minimum absolute atomic E-state index is 0.108. The van der Waals surface area contributed by atoms with Gasteiger partial charge in [0.2, 0.25) is 5.91 Å². The number of hydrogen-bond donors (Lipinski definition) is 3. The highest BCUT2D eigenvalue weighted by Gasteiger charge is 2.08. The molecule has 1 aromatic rings. The summed E-state index contributed by atoms with van der Waals surface area (Å²) in [7, 11) is 0. The number of carbonyl (C=O) groups excluding carboxylic acids is 1. The van der Waals surface area contributed by atoms with Gasteiger partial charge in [0, 0.05) is 24.5 Å². The number of hydrogen-bond acceptors (Lipinski definition) is 3. The van der Waals surface area contributed by atoms with Crippen molar-refractivity contribution in [1.82, 2.24) is 10.6 Å². The van der Waals surface area contributed by atoms with E-state index in [0.717, 1.165) is 55.6 Å². The molecule has 2 aliphatic rings. The van der Waals surface area contributed by atoms with Crippen molar-refractivity contribution in [2.45, 2.75) is 58.8 Å². The van der Waals surface area contributed by atoms with Gasteiger partial charge in [-0.15, -0.1) is 0 Å². The Balaban J connectivity index is 1.34. The zero-order valence-corrected chi connectivity index (χ0v) is 18.1. The van der Waals surface area contributed by atoms with Crippen LogP contribution in [-0.2, 0) is 11.2 Å². The molecule has 1 amide bonds. The van der Waals surface area contributed by atoms with E-state index >= 15 is 0 Å². The topological polar surface area (TPSA) is 53.2 Å². The first-order valence-electron chi connectivity index (χ1n) is 11.0. The van der Waals surface area contributed by atoms with Crippen molar-refractivity contribution >= 4 is 11.6 Å². The Labute approximate surface area is 180 Å². The van der Waals surface area contributed by atoms with Crippen LogP contribution in [-0.4, -0.2) is 5.91 Å². The molecule has 0 saturated carbocycles. The molecule has 2 heterocycles. The number of dihydropyridines is 2. The van der Waals surface area contributed by atoms with E-state index in [0.29, 0.717) is 6.42 Å². The summed E-state index contributed by atoms with van der Waals surface area (Å²) in [5.41, 5.74) is 6.97. The summed E-state index contributed by atoms with van der Waals surface area (Å²) >= 11 is 0. The molecule has 0 fully saturated rings. The Morgan fingerprint density at radius 3 is 2.33 bits per heavy atom. The summed E-state index contributed by atoms with van der Waals surface area (Å²) in [4.78, 5) is 12.1. The molecule has 158 valence electrons. The summed E-state index contributed by atoms with van der Waals surface area (Å²) in [5.74, 6) is 0.108. The molecule has 0 spiro atoms. The molecule has 2 aliphatic heterocycles. The molecule has 4 nitrogen and oxygen atoms in total. The fourth-order valence-electron chi connectivity index (χ4n) is 3.58. The first-order valence-corrected chi connectivity index (χ1v) is 11.0. The van der Waals surface area contributed by atoms with Crippen LogP contribution in [0.2, 0.25) is 0 Å². The zero-order chi connectivity index (χ0) is 21.2. The van der Waals surface area contributed by atoms with Crippen molar-refractivity contribution < 1.29 is 4.79 Å². The number of nitrogens with one attached hydrogen (secondary N) is 3. The lowest BCUT2D eigenvalue weighted by Gasteiger charge is -2.17. The van der Waals surface area contributed by atoms with E-state index in [1.165, 1.54) is 16.7 Å². The van der Waals surface area contributed by atoms with Crippen molar-refractivity contribution in [2.24, 2.45) is 0 Å². The van der Waals surface area contributed by atoms with E-state index in [-0.39, 0.29) is 5.91 Å². The first kappa shape index (κ1) is 21.7. The molecule has 0 saturated heterocycles. The van der Waals surface area contributed by atoms with Crippen LogP contribution in [0.25, 0.3) is 0 Å². The zero-order valence-electron chi connectivity index (χ0n) is 18.1. The first-order chi connectivity index (χ1) is 14.6. The third-order valence-corrected chi connectivity index (χ3v) is 5.38. The monoisotopic (exact) mass is 403 g/mol. The minimum Gasteiger partial charge on any atom is -0.360 e. The largest absolute Gasteiger partial charge is 0.360 e. The molecule has 1 aromatic carbocycles. The molecule has 30 heavy (non-hydrogen) atoms. The molecular weight excluding hydrogens is 370 g/mol. The van der Waals surface area contributed by atoms with Crippen LogP contribution < -0.4 is 16.0 Å². The second-order valence-corrected chi connectivity index (χ2v) is 7.90. The standard InChI is InChI=1S/C26H33N3O/c1-3-21-10-12-23(13-11-21)29-26(30)9-7-5-4-6-8-22-15-17-28-25(19-22)24-18-20(2)14-16-27-24/h10-19,27-28H,3-9H2,1-2H3,(H,29,30). The van der Waals surface area contributed by atoms with E-state index in [9.17, 15) is 4.79 Å². The summed E-state index contributed by atoms with van der Waals surface area (Å²) in [5, 5.41) is 9.62. The molecule has 0 bridgehead atoms. The molecule has 0 aromatic heterocycles. The molecule has 0 aliphatic carbocycles. The van der Waals surface area contributed by atoms with Crippen molar-refractivity contribution in [3.63, 3.8) is 0 Å². The van der Waals surface area contributed by atoms with Crippen molar-refractivity contribution in [3.05, 3.63) is 89.1 Å². The Hall–Kier alpha value is -3.01. The number of anilines is 1. The second kappa shape index (κ2) is 11.2. The molecule has 0 atom stereocenters. The Morgan fingerprint density at radius 1 is 0.900 bits per heavy atom. The van der Waals surface area contributed by atoms with Crippen LogP contribution in [0.5, 0.6) is 0 Å². The predicted octanol–water partition coefficient (Wildman–Crippen LogP) is 5.85. The smallest absolute Gasteiger partial charge is 0.224 e. The normalized spacial score (nSPS) is 17.7. The molecular formula is C26H33N3O. The fourth-order valence-corrected chi connectivity index (χ4v) is 3.58. The average molecular weight is 404 g/mol. The number of aryl methyl sites for hydroxylation is 1. The van der Waals surface area contributed by atoms with Gasteiger partial charge in [-0.25, -0.2) is 0 Å². The summed E-state index contributed by atoms with van der Waals surface area (Å²) in [6, 6.07) is 8.10. The van der Waals surface area contributed by atoms with Gasteiger partial charge in [-0.2, -0.15) is 0 Å². The van der Waals surface area contributed by atoms with Crippen LogP contribution in [0.3, 0.4) is 0 Å². The molecule has 0 radical (unpaired) electrons. The van der Waals surface area contributed by atoms with Gasteiger partial charge in [0.05, 0.1) is 11.4 Å². The van der Waals surface area contributed by atoms with Crippen molar-refractivity contribution in [2.75, 3.05) is 5.32 Å². The number of carbonyl (C=O) groups is 1. The van der Waals surface area contributed by atoms with Crippen LogP contribution in [0, 0.1) is 0 Å². The third kappa shape index (κ3) is 6.80. The van der Waals surface area contributed by atoms with Crippen LogP contribution in [0.15, 0.2) is 83.5 Å². The highest BCUT2D eigenvalue weighted by molar-refractivity contribution is 5.90. The van der Waals surface area contributed by atoms with E-state index in [1.54, 1.807) is 0 Å². The van der Waals surface area contributed by atoms with Gasteiger partial charge in [-0.3, -0.25) is 4.79 Å². The second-order valence-electron chi connectivity index (χ2n) is 7.90. The molecule has 3 rings (SSSR count). The maximum Gasteiger partial charge on any atom is 0.224 e. The molecule has 0 unspecified atom stereocenters. The molecule has 4 heteroatoms. The average Bonchev–Trinajstić information content (AvgIpc) is 2.77. The number of unbranched alkanes of at least 4 members (excludes halogenated alkanes) is 3. The van der Waals surface area contributed by atoms with Gasteiger partial charge in [0.1, 0.15) is 0 Å².